The summed E-state index contributed by atoms with van der Waals surface area (Å²) in [6, 6.07) is 37.6. The molecule has 2 heterocycles. The Balaban J connectivity index is 1.72. The Morgan fingerprint density at radius 3 is 2.09 bits per heavy atom. The molecule has 0 spiro atoms. The highest BCUT2D eigenvalue weighted by Crippen LogP contribution is 2.37. The van der Waals surface area contributed by atoms with Gasteiger partial charge in [0.15, 0.2) is 0 Å². The first-order valence-electron chi connectivity index (χ1n) is 11.7. The minimum atomic E-state index is 0.824. The van der Waals surface area contributed by atoms with Gasteiger partial charge in [-0.1, -0.05) is 84.9 Å². The lowest BCUT2D eigenvalue weighted by Crippen LogP contribution is -1.98. The van der Waals surface area contributed by atoms with E-state index in [1.54, 1.807) is 7.11 Å². The van der Waals surface area contributed by atoms with Gasteiger partial charge >= 0.3 is 0 Å². The molecular formula is C31H25N3O. The Bertz CT molecular complexity index is 1630. The maximum atomic E-state index is 5.53. The van der Waals surface area contributed by atoms with Crippen molar-refractivity contribution in [2.45, 2.75) is 6.92 Å². The molecule has 0 fully saturated rings. The van der Waals surface area contributed by atoms with Gasteiger partial charge < -0.3 is 4.74 Å². The molecule has 0 unspecified atom stereocenters. The quantitative estimate of drug-likeness (QED) is 0.270. The van der Waals surface area contributed by atoms with E-state index in [0.717, 1.165) is 51.0 Å². The number of aromatic nitrogens is 3. The van der Waals surface area contributed by atoms with Crippen LogP contribution in [0.1, 0.15) is 5.56 Å². The zero-order chi connectivity index (χ0) is 23.8. The third kappa shape index (κ3) is 3.69. The molecule has 4 nitrogen and oxygen atoms in total. The molecule has 0 bridgehead atoms. The number of benzene rings is 4. The van der Waals surface area contributed by atoms with Crippen LogP contribution in [0.4, 0.5) is 0 Å². The van der Waals surface area contributed by atoms with Gasteiger partial charge in [-0.3, -0.25) is 8.97 Å². The summed E-state index contributed by atoms with van der Waals surface area (Å²) in [6.07, 6.45) is 2.19. The molecule has 0 N–H and O–H groups in total. The first kappa shape index (κ1) is 21.0. The fourth-order valence-electron chi connectivity index (χ4n) is 4.67. The first-order valence-corrected chi connectivity index (χ1v) is 11.7. The van der Waals surface area contributed by atoms with E-state index < -0.39 is 0 Å². The molecule has 4 heteroatoms. The van der Waals surface area contributed by atoms with Crippen molar-refractivity contribution < 1.29 is 4.74 Å². The largest absolute Gasteiger partial charge is 0.497 e. The third-order valence-corrected chi connectivity index (χ3v) is 6.30. The number of fused-ring (bicyclic) bond motifs is 1. The van der Waals surface area contributed by atoms with Crippen LogP contribution in [0.3, 0.4) is 0 Å². The number of methoxy groups -OCH3 is 1. The summed E-state index contributed by atoms with van der Waals surface area (Å²) in [5.41, 5.74) is 8.63. The van der Waals surface area contributed by atoms with Crippen LogP contribution < -0.4 is 4.74 Å². The lowest BCUT2D eigenvalue weighted by molar-refractivity contribution is 0.415. The van der Waals surface area contributed by atoms with Gasteiger partial charge in [-0.05, 0) is 36.8 Å². The minimum absolute atomic E-state index is 0.824. The van der Waals surface area contributed by atoms with Gasteiger partial charge in [0.1, 0.15) is 5.75 Å². The lowest BCUT2D eigenvalue weighted by atomic mass is 10.0. The number of nitrogens with zero attached hydrogens (tertiary/aromatic N) is 3. The van der Waals surface area contributed by atoms with Crippen LogP contribution >= 0.6 is 0 Å². The van der Waals surface area contributed by atoms with E-state index in [9.17, 15) is 0 Å². The summed E-state index contributed by atoms with van der Waals surface area (Å²) < 4.78 is 9.99. The summed E-state index contributed by atoms with van der Waals surface area (Å²) in [5.74, 6) is 1.69. The number of imidazole rings is 2. The molecule has 4 aromatic carbocycles. The highest BCUT2D eigenvalue weighted by molar-refractivity contribution is 5.83. The van der Waals surface area contributed by atoms with Gasteiger partial charge in [0, 0.05) is 28.6 Å². The van der Waals surface area contributed by atoms with Gasteiger partial charge in [-0.25, -0.2) is 4.98 Å². The van der Waals surface area contributed by atoms with Gasteiger partial charge in [0.2, 0.25) is 5.78 Å². The van der Waals surface area contributed by atoms with E-state index in [4.69, 9.17) is 9.72 Å². The zero-order valence-electron chi connectivity index (χ0n) is 19.7. The molecular weight excluding hydrogens is 430 g/mol. The topological polar surface area (TPSA) is 31.5 Å². The molecule has 0 atom stereocenters. The maximum Gasteiger partial charge on any atom is 0.220 e. The number of rotatable bonds is 5. The molecule has 0 aliphatic carbocycles. The second-order valence-electron chi connectivity index (χ2n) is 8.63. The van der Waals surface area contributed by atoms with Gasteiger partial charge in [0.05, 0.1) is 24.2 Å². The average Bonchev–Trinajstić information content (AvgIpc) is 3.46. The molecule has 0 saturated carbocycles. The van der Waals surface area contributed by atoms with E-state index in [0.29, 0.717) is 0 Å². The van der Waals surface area contributed by atoms with Gasteiger partial charge in [-0.15, -0.1) is 0 Å². The van der Waals surface area contributed by atoms with Crippen LogP contribution in [-0.2, 0) is 0 Å². The Hall–Kier alpha value is -4.57. The molecule has 0 aliphatic heterocycles. The smallest absolute Gasteiger partial charge is 0.220 e. The highest BCUT2D eigenvalue weighted by atomic mass is 16.5. The molecule has 0 amide bonds. The predicted octanol–water partition coefficient (Wildman–Crippen LogP) is 7.44. The second kappa shape index (κ2) is 8.65. The molecule has 0 radical (unpaired) electrons. The minimum Gasteiger partial charge on any atom is -0.497 e. The molecule has 2 aromatic heterocycles. The summed E-state index contributed by atoms with van der Waals surface area (Å²) >= 11 is 0. The van der Waals surface area contributed by atoms with Crippen LogP contribution in [-0.4, -0.2) is 21.1 Å². The number of hydrogen-bond donors (Lipinski definition) is 0. The fourth-order valence-corrected chi connectivity index (χ4v) is 4.67. The van der Waals surface area contributed by atoms with Crippen LogP contribution in [0.25, 0.3) is 45.2 Å². The third-order valence-electron chi connectivity index (χ3n) is 6.30. The molecule has 0 saturated heterocycles. The van der Waals surface area contributed by atoms with Crippen molar-refractivity contribution in [3.8, 4) is 45.2 Å². The van der Waals surface area contributed by atoms with E-state index in [-0.39, 0.29) is 0 Å². The van der Waals surface area contributed by atoms with Crippen LogP contribution in [0.5, 0.6) is 5.75 Å². The average molecular weight is 456 g/mol. The second-order valence-corrected chi connectivity index (χ2v) is 8.63. The van der Waals surface area contributed by atoms with Crippen LogP contribution in [0.15, 0.2) is 115 Å². The summed E-state index contributed by atoms with van der Waals surface area (Å²) in [4.78, 5) is 5.25. The van der Waals surface area contributed by atoms with Crippen molar-refractivity contribution in [3.63, 3.8) is 0 Å². The summed E-state index contributed by atoms with van der Waals surface area (Å²) in [6.45, 7) is 2.12. The van der Waals surface area contributed by atoms with Gasteiger partial charge in [-0.2, -0.15) is 0 Å². The maximum absolute atomic E-state index is 5.53. The van der Waals surface area contributed by atoms with E-state index in [1.807, 2.05) is 24.3 Å². The molecule has 35 heavy (non-hydrogen) atoms. The standard InChI is InChI=1S/C31H25N3O/c1-22-11-9-17-26(19-22)34-28(25-16-10-18-27(20-25)35-2)21-33-30(24-14-7-4-8-15-24)29(32-31(33)34)23-12-5-3-6-13-23/h3-21H,1-2H3. The number of ether oxygens (including phenoxy) is 1. The van der Waals surface area contributed by atoms with E-state index in [2.05, 4.69) is 107 Å². The van der Waals surface area contributed by atoms with Crippen LogP contribution in [0, 0.1) is 6.92 Å². The van der Waals surface area contributed by atoms with Crippen molar-refractivity contribution in [1.29, 1.82) is 0 Å². The fraction of sp³-hybridized carbons (Fsp3) is 0.0645. The summed E-state index contributed by atoms with van der Waals surface area (Å²) in [5, 5.41) is 0. The van der Waals surface area contributed by atoms with Crippen molar-refractivity contribution in [3.05, 3.63) is 121 Å². The van der Waals surface area contributed by atoms with E-state index in [1.165, 1.54) is 5.56 Å². The molecule has 6 aromatic rings. The molecule has 6 rings (SSSR count). The van der Waals surface area contributed by atoms with Crippen molar-refractivity contribution in [2.24, 2.45) is 0 Å². The number of aryl methyl sites for hydroxylation is 1. The Kier molecular flexibility index (Phi) is 5.19. The number of hydrogen-bond acceptors (Lipinski definition) is 2. The predicted molar refractivity (Wildman–Crippen MR) is 142 cm³/mol. The normalized spacial score (nSPS) is 11.1. The monoisotopic (exact) mass is 455 g/mol. The Labute approximate surface area is 204 Å². The first-order chi connectivity index (χ1) is 17.2. The molecule has 0 aliphatic rings. The van der Waals surface area contributed by atoms with E-state index >= 15 is 0 Å². The SMILES string of the molecule is COc1cccc(-c2cn3c(-c4ccccc4)c(-c4ccccc4)nc3n2-c2cccc(C)c2)c1. The molecule has 170 valence electrons. The van der Waals surface area contributed by atoms with Crippen molar-refractivity contribution >= 4 is 5.78 Å². The highest BCUT2D eigenvalue weighted by Gasteiger charge is 2.22. The summed E-state index contributed by atoms with van der Waals surface area (Å²) in [7, 11) is 1.70. The Morgan fingerprint density at radius 1 is 0.686 bits per heavy atom. The van der Waals surface area contributed by atoms with Crippen molar-refractivity contribution in [2.75, 3.05) is 7.11 Å². The Morgan fingerprint density at radius 2 is 1.37 bits per heavy atom. The van der Waals surface area contributed by atoms with Crippen molar-refractivity contribution in [1.82, 2.24) is 14.0 Å². The van der Waals surface area contributed by atoms with Gasteiger partial charge in [0.25, 0.3) is 0 Å². The van der Waals surface area contributed by atoms with Crippen LogP contribution in [0.2, 0.25) is 0 Å². The zero-order valence-corrected chi connectivity index (χ0v) is 19.7. The lowest BCUT2D eigenvalue weighted by Gasteiger charge is -2.11.